The molecule has 0 aliphatic heterocycles. The molecule has 0 N–H and O–H groups in total. The summed E-state index contributed by atoms with van der Waals surface area (Å²) >= 11 is 0. The molecule has 0 bridgehead atoms. The molecule has 3 aromatic rings. The number of fused-ring (bicyclic) bond motifs is 2. The van der Waals surface area contributed by atoms with Crippen molar-refractivity contribution in [3.05, 3.63) is 47.4 Å². The van der Waals surface area contributed by atoms with Crippen LogP contribution >= 0.6 is 0 Å². The Bertz CT molecular complexity index is 1050. The zero-order chi connectivity index (χ0) is 21.1. The van der Waals surface area contributed by atoms with Crippen LogP contribution in [0.2, 0.25) is 0 Å². The summed E-state index contributed by atoms with van der Waals surface area (Å²) in [6, 6.07) is 6.58. The van der Waals surface area contributed by atoms with E-state index in [1.807, 2.05) is 0 Å². The number of hydrogen-bond acceptors (Lipinski definition) is 1. The third kappa shape index (κ3) is 2.70. The van der Waals surface area contributed by atoms with E-state index in [2.05, 4.69) is 4.98 Å². The zero-order valence-corrected chi connectivity index (χ0v) is 15.1. The molecule has 0 saturated heterocycles. The van der Waals surface area contributed by atoms with E-state index in [0.29, 0.717) is 12.1 Å². The molecular weight excluding hydrogens is 389 g/mol. The van der Waals surface area contributed by atoms with Gasteiger partial charge in [0, 0.05) is 13.3 Å². The van der Waals surface area contributed by atoms with Gasteiger partial charge in [0.15, 0.2) is 5.52 Å². The second-order valence-electron chi connectivity index (χ2n) is 6.54. The lowest BCUT2D eigenvalue weighted by Gasteiger charge is -2.31. The standard InChI is InChI=1S/C19H16F7N2/c1-4-14-13-9-11-7-5-6-8-12(11)15(16(13)27-10(2)28(14)3)17(20,18(21,22)23)19(24,25)26/h5-9H,4H2,1-3H3/q+1. The molecule has 1 heterocycles. The Morgan fingerprint density at radius 3 is 2.04 bits per heavy atom. The van der Waals surface area contributed by atoms with E-state index >= 15 is 4.39 Å². The van der Waals surface area contributed by atoms with E-state index in [1.54, 1.807) is 18.5 Å². The van der Waals surface area contributed by atoms with E-state index in [-0.39, 0.29) is 16.6 Å². The van der Waals surface area contributed by atoms with Gasteiger partial charge >= 0.3 is 18.0 Å². The number of aromatic nitrogens is 2. The van der Waals surface area contributed by atoms with Crippen LogP contribution in [-0.2, 0) is 19.1 Å². The first kappa shape index (κ1) is 20.3. The van der Waals surface area contributed by atoms with Crippen LogP contribution in [0.4, 0.5) is 30.7 Å². The van der Waals surface area contributed by atoms with Crippen molar-refractivity contribution in [2.75, 3.05) is 0 Å². The van der Waals surface area contributed by atoms with Crippen molar-refractivity contribution < 1.29 is 35.3 Å². The highest BCUT2D eigenvalue weighted by Gasteiger charge is 2.75. The first-order valence-corrected chi connectivity index (χ1v) is 8.38. The minimum absolute atomic E-state index is 0.0554. The molecule has 28 heavy (non-hydrogen) atoms. The summed E-state index contributed by atoms with van der Waals surface area (Å²) in [6.07, 6.45) is -12.1. The minimum atomic E-state index is -6.22. The third-order valence-corrected chi connectivity index (χ3v) is 4.96. The van der Waals surface area contributed by atoms with Gasteiger partial charge in [-0.3, -0.25) is 0 Å². The van der Waals surface area contributed by atoms with Gasteiger partial charge < -0.3 is 0 Å². The van der Waals surface area contributed by atoms with E-state index in [9.17, 15) is 26.3 Å². The number of hydrogen-bond donors (Lipinski definition) is 0. The lowest BCUT2D eigenvalue weighted by molar-refractivity contribution is -0.686. The van der Waals surface area contributed by atoms with Gasteiger partial charge in [-0.1, -0.05) is 31.2 Å². The normalized spacial score (nSPS) is 13.5. The Hall–Kier alpha value is -2.45. The predicted octanol–water partition coefficient (Wildman–Crippen LogP) is 5.37. The molecule has 0 aliphatic carbocycles. The van der Waals surface area contributed by atoms with E-state index in [0.717, 1.165) is 6.07 Å². The first-order chi connectivity index (χ1) is 12.8. The summed E-state index contributed by atoms with van der Waals surface area (Å²) < 4.78 is 98.2. The fraction of sp³-hybridized carbons (Fsp3) is 0.368. The highest BCUT2D eigenvalue weighted by molar-refractivity contribution is 6.02. The Balaban J connectivity index is 2.68. The van der Waals surface area contributed by atoms with Crippen molar-refractivity contribution in [3.63, 3.8) is 0 Å². The van der Waals surface area contributed by atoms with Crippen molar-refractivity contribution in [2.45, 2.75) is 38.3 Å². The molecule has 9 heteroatoms. The Morgan fingerprint density at radius 1 is 0.929 bits per heavy atom. The van der Waals surface area contributed by atoms with Gasteiger partial charge in [0.25, 0.3) is 5.82 Å². The first-order valence-electron chi connectivity index (χ1n) is 8.38. The highest BCUT2D eigenvalue weighted by atomic mass is 19.4. The Morgan fingerprint density at radius 2 is 1.50 bits per heavy atom. The molecule has 150 valence electrons. The third-order valence-electron chi connectivity index (χ3n) is 4.96. The minimum Gasteiger partial charge on any atom is -0.234 e. The quantitative estimate of drug-likeness (QED) is 0.318. The van der Waals surface area contributed by atoms with Gasteiger partial charge in [-0.15, -0.1) is 0 Å². The summed E-state index contributed by atoms with van der Waals surface area (Å²) in [5.74, 6) is 0.174. The van der Waals surface area contributed by atoms with E-state index in [1.165, 1.54) is 31.2 Å². The van der Waals surface area contributed by atoms with Gasteiger partial charge in [-0.2, -0.15) is 26.3 Å². The van der Waals surface area contributed by atoms with Gasteiger partial charge in [-0.05, 0) is 21.8 Å². The largest absolute Gasteiger partial charge is 0.436 e. The van der Waals surface area contributed by atoms with Crippen molar-refractivity contribution in [2.24, 2.45) is 7.05 Å². The number of halogens is 7. The SMILES string of the molecule is CCc1c2cc3ccccc3c(C(F)(C(F)(F)F)C(F)(F)F)c2nc(C)[n+]1C. The smallest absolute Gasteiger partial charge is 0.234 e. The van der Waals surface area contributed by atoms with Crippen LogP contribution in [0, 0.1) is 6.92 Å². The molecule has 3 rings (SSSR count). The molecule has 0 unspecified atom stereocenters. The topological polar surface area (TPSA) is 16.8 Å². The molecule has 0 spiro atoms. The van der Waals surface area contributed by atoms with Crippen LogP contribution in [0.1, 0.15) is 24.0 Å². The Kier molecular flexibility index (Phi) is 4.55. The fourth-order valence-electron chi connectivity index (χ4n) is 3.51. The molecule has 0 radical (unpaired) electrons. The van der Waals surface area contributed by atoms with Crippen LogP contribution in [0.25, 0.3) is 21.7 Å². The maximum Gasteiger partial charge on any atom is 0.436 e. The molecule has 2 nitrogen and oxygen atoms in total. The van der Waals surface area contributed by atoms with Crippen molar-refractivity contribution in [3.8, 4) is 0 Å². The molecule has 0 aliphatic rings. The summed E-state index contributed by atoms with van der Waals surface area (Å²) in [5.41, 5.74) is -7.26. The average molecular weight is 405 g/mol. The van der Waals surface area contributed by atoms with Crippen molar-refractivity contribution in [1.29, 1.82) is 0 Å². The van der Waals surface area contributed by atoms with Crippen LogP contribution in [-0.4, -0.2) is 17.3 Å². The van der Waals surface area contributed by atoms with E-state index in [4.69, 9.17) is 0 Å². The molecule has 0 amide bonds. The lowest BCUT2D eigenvalue weighted by atomic mass is 9.86. The second kappa shape index (κ2) is 6.28. The van der Waals surface area contributed by atoms with Crippen LogP contribution < -0.4 is 4.57 Å². The summed E-state index contributed by atoms with van der Waals surface area (Å²) in [7, 11) is 1.60. The number of alkyl halides is 7. The fourth-order valence-corrected chi connectivity index (χ4v) is 3.51. The molecule has 1 aromatic heterocycles. The van der Waals surface area contributed by atoms with Crippen LogP contribution in [0.3, 0.4) is 0 Å². The highest BCUT2D eigenvalue weighted by Crippen LogP contribution is 2.56. The summed E-state index contributed by atoms with van der Waals surface area (Å²) in [6.45, 7) is 3.15. The summed E-state index contributed by atoms with van der Waals surface area (Å²) in [5, 5.41) is -0.351. The molecule has 0 atom stereocenters. The van der Waals surface area contributed by atoms with Crippen LogP contribution in [0.15, 0.2) is 30.3 Å². The lowest BCUT2D eigenvalue weighted by Crippen LogP contribution is -2.51. The number of rotatable bonds is 2. The van der Waals surface area contributed by atoms with Gasteiger partial charge in [0.1, 0.15) is 5.69 Å². The van der Waals surface area contributed by atoms with Gasteiger partial charge in [0.2, 0.25) is 0 Å². The second-order valence-corrected chi connectivity index (χ2v) is 6.54. The number of aryl methyl sites for hydroxylation is 2. The van der Waals surface area contributed by atoms with Crippen molar-refractivity contribution >= 4 is 21.7 Å². The number of benzene rings is 2. The molecule has 2 aromatic carbocycles. The van der Waals surface area contributed by atoms with Crippen molar-refractivity contribution in [1.82, 2.24) is 4.98 Å². The predicted molar refractivity (Wildman–Crippen MR) is 89.4 cm³/mol. The van der Waals surface area contributed by atoms with Gasteiger partial charge in [0.05, 0.1) is 18.0 Å². The van der Waals surface area contributed by atoms with E-state index < -0.39 is 34.5 Å². The van der Waals surface area contributed by atoms with Crippen LogP contribution in [0.5, 0.6) is 0 Å². The number of nitrogens with zero attached hydrogens (tertiary/aromatic N) is 2. The maximum absolute atomic E-state index is 15.2. The molecule has 0 saturated carbocycles. The molecular formula is C19H16F7N2+. The average Bonchev–Trinajstić information content (AvgIpc) is 2.59. The molecule has 0 fully saturated rings. The van der Waals surface area contributed by atoms with Gasteiger partial charge in [-0.25, -0.2) is 8.96 Å². The zero-order valence-electron chi connectivity index (χ0n) is 15.1. The summed E-state index contributed by atoms with van der Waals surface area (Å²) in [4.78, 5) is 3.95. The monoisotopic (exact) mass is 405 g/mol. The Labute approximate surface area is 155 Å². The maximum atomic E-state index is 15.2.